The largest absolute Gasteiger partial charge is 0.489 e. The molecule has 5 nitrogen and oxygen atoms in total. The second kappa shape index (κ2) is 8.38. The number of fused-ring (bicyclic) bond motifs is 2. The zero-order chi connectivity index (χ0) is 21.4. The van der Waals surface area contributed by atoms with E-state index in [-0.39, 0.29) is 18.3 Å². The highest BCUT2D eigenvalue weighted by Crippen LogP contribution is 2.36. The summed E-state index contributed by atoms with van der Waals surface area (Å²) >= 11 is 9.54. The van der Waals surface area contributed by atoms with Crippen LogP contribution in [0.4, 0.5) is 0 Å². The first kappa shape index (κ1) is 20.1. The lowest BCUT2D eigenvalue weighted by Gasteiger charge is -2.21. The third-order valence-corrected chi connectivity index (χ3v) is 5.63. The highest BCUT2D eigenvalue weighted by molar-refractivity contribution is 9.10. The fourth-order valence-electron chi connectivity index (χ4n) is 3.53. The molecule has 0 N–H and O–H groups in total. The van der Waals surface area contributed by atoms with Crippen molar-refractivity contribution in [2.24, 2.45) is 0 Å². The van der Waals surface area contributed by atoms with Gasteiger partial charge in [0.15, 0.2) is 12.6 Å². The number of carbonyl (C=O) groups excluding carboxylic acids is 1. The monoisotopic (exact) mass is 498 g/mol. The predicted molar refractivity (Wildman–Crippen MR) is 120 cm³/mol. The summed E-state index contributed by atoms with van der Waals surface area (Å²) < 4.78 is 23.7. The van der Waals surface area contributed by atoms with Crippen LogP contribution in [-0.2, 0) is 18.0 Å². The fourth-order valence-corrected chi connectivity index (χ4v) is 4.28. The first-order valence-electron chi connectivity index (χ1n) is 9.55. The van der Waals surface area contributed by atoms with E-state index in [0.29, 0.717) is 35.3 Å². The van der Waals surface area contributed by atoms with Crippen LogP contribution in [-0.4, -0.2) is 12.6 Å². The van der Waals surface area contributed by atoms with E-state index in [9.17, 15) is 4.79 Å². The summed E-state index contributed by atoms with van der Waals surface area (Å²) in [6.07, 6.45) is 1.68. The molecule has 0 amide bonds. The minimum Gasteiger partial charge on any atom is -0.489 e. The van der Waals surface area contributed by atoms with Gasteiger partial charge in [-0.1, -0.05) is 39.7 Å². The quantitative estimate of drug-likeness (QED) is 0.402. The third-order valence-electron chi connectivity index (χ3n) is 4.93. The number of hydrogen-bond donors (Lipinski definition) is 0. The fraction of sp³-hybridized carbons (Fsp3) is 0.125. The van der Waals surface area contributed by atoms with Gasteiger partial charge in [0.05, 0.1) is 12.2 Å². The Kier molecular flexibility index (Phi) is 5.44. The Labute approximate surface area is 192 Å². The lowest BCUT2D eigenvalue weighted by molar-refractivity contribution is -0.0176. The summed E-state index contributed by atoms with van der Waals surface area (Å²) in [5.74, 6) is 1.93. The molecule has 0 aromatic heterocycles. The zero-order valence-corrected chi connectivity index (χ0v) is 18.5. The van der Waals surface area contributed by atoms with Gasteiger partial charge in [-0.15, -0.1) is 0 Å². The number of benzene rings is 3. The van der Waals surface area contributed by atoms with Crippen molar-refractivity contribution in [2.45, 2.75) is 13.2 Å². The van der Waals surface area contributed by atoms with Crippen LogP contribution in [0.1, 0.15) is 27.0 Å². The molecule has 0 saturated carbocycles. The molecule has 0 bridgehead atoms. The van der Waals surface area contributed by atoms with E-state index >= 15 is 0 Å². The molecule has 0 unspecified atom stereocenters. The minimum atomic E-state index is -0.170. The number of rotatable bonds is 4. The van der Waals surface area contributed by atoms with E-state index in [2.05, 4.69) is 15.9 Å². The Morgan fingerprint density at radius 3 is 2.90 bits per heavy atom. The van der Waals surface area contributed by atoms with Crippen molar-refractivity contribution in [1.82, 2.24) is 0 Å². The summed E-state index contributed by atoms with van der Waals surface area (Å²) in [6, 6.07) is 16.4. The standard InChI is InChI=1S/C24H16BrClO5/c25-17-8-15-11-28-13-30-24(15)16(9-17)12-29-19-4-5-20-21(10-19)31-22(23(20)27)7-14-2-1-3-18(26)6-14/h1-10H,11-13H2/b22-7-. The van der Waals surface area contributed by atoms with E-state index < -0.39 is 0 Å². The van der Waals surface area contributed by atoms with Gasteiger partial charge in [-0.05, 0) is 48.0 Å². The second-order valence-electron chi connectivity index (χ2n) is 7.11. The van der Waals surface area contributed by atoms with Crippen molar-refractivity contribution in [3.05, 3.63) is 92.1 Å². The number of Topliss-reactive ketones (excluding diaryl/α,β-unsaturated/α-hetero) is 1. The molecule has 3 aromatic rings. The number of halogens is 2. The molecule has 0 radical (unpaired) electrons. The van der Waals surface area contributed by atoms with Crippen molar-refractivity contribution >= 4 is 39.4 Å². The molecular formula is C24H16BrClO5. The molecular weight excluding hydrogens is 484 g/mol. The van der Waals surface area contributed by atoms with Crippen molar-refractivity contribution in [1.29, 1.82) is 0 Å². The highest BCUT2D eigenvalue weighted by Gasteiger charge is 2.28. The lowest BCUT2D eigenvalue weighted by atomic mass is 10.1. The van der Waals surface area contributed by atoms with Crippen LogP contribution in [0, 0.1) is 0 Å². The van der Waals surface area contributed by atoms with Crippen LogP contribution in [0.15, 0.2) is 64.8 Å². The predicted octanol–water partition coefficient (Wildman–Crippen LogP) is 6.16. The third kappa shape index (κ3) is 4.19. The molecule has 156 valence electrons. The van der Waals surface area contributed by atoms with E-state index in [0.717, 1.165) is 26.9 Å². The topological polar surface area (TPSA) is 54.0 Å². The van der Waals surface area contributed by atoms with Crippen LogP contribution in [0.5, 0.6) is 17.2 Å². The SMILES string of the molecule is O=C1/C(=C/c2cccc(Cl)c2)Oc2cc(OCc3cc(Br)cc4c3OCOC4)ccc21. The molecule has 5 rings (SSSR count). The molecule has 3 aromatic carbocycles. The summed E-state index contributed by atoms with van der Waals surface area (Å²) in [6.45, 7) is 1.02. The number of hydrogen-bond acceptors (Lipinski definition) is 5. The molecule has 2 aliphatic rings. The van der Waals surface area contributed by atoms with E-state index in [1.165, 1.54) is 0 Å². The lowest BCUT2D eigenvalue weighted by Crippen LogP contribution is -2.14. The number of ether oxygens (including phenoxy) is 4. The van der Waals surface area contributed by atoms with Gasteiger partial charge >= 0.3 is 0 Å². The van der Waals surface area contributed by atoms with Crippen LogP contribution in [0.2, 0.25) is 5.02 Å². The second-order valence-corrected chi connectivity index (χ2v) is 8.46. The van der Waals surface area contributed by atoms with Crippen molar-refractivity contribution in [3.63, 3.8) is 0 Å². The highest BCUT2D eigenvalue weighted by atomic mass is 79.9. The molecule has 0 atom stereocenters. The van der Waals surface area contributed by atoms with E-state index in [1.807, 2.05) is 24.3 Å². The molecule has 7 heteroatoms. The average molecular weight is 500 g/mol. The maximum Gasteiger partial charge on any atom is 0.231 e. The van der Waals surface area contributed by atoms with Gasteiger partial charge in [-0.3, -0.25) is 4.79 Å². The maximum absolute atomic E-state index is 12.7. The first-order chi connectivity index (χ1) is 15.1. The van der Waals surface area contributed by atoms with Gasteiger partial charge in [-0.25, -0.2) is 0 Å². The number of ketones is 1. The normalized spacial score (nSPS) is 15.8. The molecule has 0 aliphatic carbocycles. The summed E-state index contributed by atoms with van der Waals surface area (Å²) in [5.41, 5.74) is 3.18. The van der Waals surface area contributed by atoms with Crippen LogP contribution in [0.3, 0.4) is 0 Å². The zero-order valence-electron chi connectivity index (χ0n) is 16.2. The van der Waals surface area contributed by atoms with Gasteiger partial charge < -0.3 is 18.9 Å². The van der Waals surface area contributed by atoms with Crippen molar-refractivity contribution in [2.75, 3.05) is 6.79 Å². The smallest absolute Gasteiger partial charge is 0.231 e. The Morgan fingerprint density at radius 2 is 2.03 bits per heavy atom. The summed E-state index contributed by atoms with van der Waals surface area (Å²) in [4.78, 5) is 12.7. The van der Waals surface area contributed by atoms with Crippen LogP contribution in [0.25, 0.3) is 6.08 Å². The van der Waals surface area contributed by atoms with Crippen LogP contribution >= 0.6 is 27.5 Å². The van der Waals surface area contributed by atoms with E-state index in [4.69, 9.17) is 30.5 Å². The van der Waals surface area contributed by atoms with E-state index in [1.54, 1.807) is 36.4 Å². The molecule has 2 heterocycles. The maximum atomic E-state index is 12.7. The Bertz CT molecular complexity index is 1220. The average Bonchev–Trinajstić information content (AvgIpc) is 3.06. The minimum absolute atomic E-state index is 0.170. The molecule has 2 aliphatic heterocycles. The molecule has 0 spiro atoms. The summed E-state index contributed by atoms with van der Waals surface area (Å²) in [7, 11) is 0. The Hall–Kier alpha value is -2.80. The van der Waals surface area contributed by atoms with Gasteiger partial charge in [0.2, 0.25) is 5.78 Å². The molecule has 0 saturated heterocycles. The van der Waals surface area contributed by atoms with Crippen molar-refractivity contribution in [3.8, 4) is 17.2 Å². The molecule has 31 heavy (non-hydrogen) atoms. The Balaban J connectivity index is 1.35. The number of allylic oxidation sites excluding steroid dienone is 1. The molecule has 0 fully saturated rings. The van der Waals surface area contributed by atoms with Gasteiger partial charge in [0.1, 0.15) is 23.9 Å². The van der Waals surface area contributed by atoms with Crippen LogP contribution < -0.4 is 14.2 Å². The summed E-state index contributed by atoms with van der Waals surface area (Å²) in [5, 5.41) is 0.596. The first-order valence-corrected chi connectivity index (χ1v) is 10.7. The van der Waals surface area contributed by atoms with Gasteiger partial charge in [0.25, 0.3) is 0 Å². The Morgan fingerprint density at radius 1 is 1.13 bits per heavy atom. The number of carbonyl (C=O) groups is 1. The van der Waals surface area contributed by atoms with Crippen molar-refractivity contribution < 1.29 is 23.7 Å². The van der Waals surface area contributed by atoms with Gasteiger partial charge in [0, 0.05) is 26.7 Å². The van der Waals surface area contributed by atoms with Gasteiger partial charge in [-0.2, -0.15) is 0 Å².